The van der Waals surface area contributed by atoms with Crippen molar-refractivity contribution in [1.29, 1.82) is 0 Å². The van der Waals surface area contributed by atoms with Crippen molar-refractivity contribution in [1.82, 2.24) is 19.5 Å². The first-order chi connectivity index (χ1) is 25.3. The fraction of sp³-hybridized carbons (Fsp3) is 0. The topological polar surface area (TPSA) is 43.6 Å². The molecule has 0 unspecified atom stereocenters. The van der Waals surface area contributed by atoms with Crippen LogP contribution in [-0.2, 0) is 0 Å². The molecular weight excluding hydrogens is 621 g/mol. The maximum absolute atomic E-state index is 5.18. The van der Waals surface area contributed by atoms with E-state index in [1.807, 2.05) is 36.4 Å². The molecule has 0 aliphatic rings. The van der Waals surface area contributed by atoms with Gasteiger partial charge in [-0.3, -0.25) is 0 Å². The number of para-hydroxylation sites is 1. The zero-order chi connectivity index (χ0) is 33.7. The number of hydrogen-bond acceptors (Lipinski definition) is 3. The fourth-order valence-electron chi connectivity index (χ4n) is 7.49. The monoisotopic (exact) mass is 650 g/mol. The third-order valence-corrected chi connectivity index (χ3v) is 9.81. The molecule has 0 aliphatic carbocycles. The summed E-state index contributed by atoms with van der Waals surface area (Å²) < 4.78 is 2.38. The highest BCUT2D eigenvalue weighted by molar-refractivity contribution is 6.23. The summed E-state index contributed by atoms with van der Waals surface area (Å²) in [6, 6.07) is 64.0. The molecular formula is C47H30N4. The van der Waals surface area contributed by atoms with Gasteiger partial charge in [0.2, 0.25) is 0 Å². The minimum absolute atomic E-state index is 0.641. The fourth-order valence-corrected chi connectivity index (χ4v) is 7.49. The summed E-state index contributed by atoms with van der Waals surface area (Å²) >= 11 is 0. The van der Waals surface area contributed by atoms with Gasteiger partial charge in [-0.15, -0.1) is 0 Å². The van der Waals surface area contributed by atoms with Gasteiger partial charge in [0.1, 0.15) is 0 Å². The van der Waals surface area contributed by atoms with Gasteiger partial charge in [0.15, 0.2) is 17.5 Å². The molecule has 4 nitrogen and oxygen atoms in total. The second-order valence-electron chi connectivity index (χ2n) is 12.8. The van der Waals surface area contributed by atoms with Crippen molar-refractivity contribution in [2.24, 2.45) is 0 Å². The van der Waals surface area contributed by atoms with Gasteiger partial charge in [-0.2, -0.15) is 0 Å². The highest BCUT2D eigenvalue weighted by atomic mass is 15.0. The van der Waals surface area contributed by atoms with Gasteiger partial charge in [0.25, 0.3) is 0 Å². The molecule has 0 fully saturated rings. The predicted molar refractivity (Wildman–Crippen MR) is 211 cm³/mol. The molecule has 0 N–H and O–H groups in total. The van der Waals surface area contributed by atoms with Crippen LogP contribution in [-0.4, -0.2) is 19.5 Å². The van der Waals surface area contributed by atoms with E-state index in [2.05, 4.69) is 150 Å². The number of benzene rings is 8. The van der Waals surface area contributed by atoms with Crippen LogP contribution in [0.25, 0.3) is 94.3 Å². The van der Waals surface area contributed by atoms with Crippen molar-refractivity contribution >= 4 is 43.4 Å². The molecule has 10 aromatic rings. The predicted octanol–water partition coefficient (Wildman–Crippen LogP) is 11.9. The Balaban J connectivity index is 1.35. The van der Waals surface area contributed by atoms with Crippen molar-refractivity contribution in [3.63, 3.8) is 0 Å². The lowest BCUT2D eigenvalue weighted by Crippen LogP contribution is -2.00. The van der Waals surface area contributed by atoms with Gasteiger partial charge < -0.3 is 4.57 Å². The Morgan fingerprint density at radius 1 is 0.333 bits per heavy atom. The number of nitrogens with zero attached hydrogens (tertiary/aromatic N) is 4. The van der Waals surface area contributed by atoms with E-state index >= 15 is 0 Å². The van der Waals surface area contributed by atoms with E-state index in [1.165, 1.54) is 32.7 Å². The third kappa shape index (κ3) is 4.88. The first-order valence-electron chi connectivity index (χ1n) is 17.2. The molecule has 0 atom stereocenters. The van der Waals surface area contributed by atoms with Crippen molar-refractivity contribution in [3.8, 4) is 51.0 Å². The van der Waals surface area contributed by atoms with Crippen LogP contribution in [0.1, 0.15) is 0 Å². The second kappa shape index (κ2) is 11.9. The lowest BCUT2D eigenvalue weighted by atomic mass is 9.92. The van der Waals surface area contributed by atoms with E-state index in [-0.39, 0.29) is 0 Å². The summed E-state index contributed by atoms with van der Waals surface area (Å²) in [6.45, 7) is 0. The van der Waals surface area contributed by atoms with E-state index in [9.17, 15) is 0 Å². The van der Waals surface area contributed by atoms with Gasteiger partial charge >= 0.3 is 0 Å². The lowest BCUT2D eigenvalue weighted by molar-refractivity contribution is 1.08. The minimum Gasteiger partial charge on any atom is -0.309 e. The molecule has 0 amide bonds. The Morgan fingerprint density at radius 2 is 0.902 bits per heavy atom. The van der Waals surface area contributed by atoms with Crippen LogP contribution < -0.4 is 0 Å². The summed E-state index contributed by atoms with van der Waals surface area (Å²) in [7, 11) is 0. The quantitative estimate of drug-likeness (QED) is 0.174. The van der Waals surface area contributed by atoms with Gasteiger partial charge in [-0.1, -0.05) is 146 Å². The first kappa shape index (κ1) is 29.0. The Morgan fingerprint density at radius 3 is 1.57 bits per heavy atom. The third-order valence-electron chi connectivity index (χ3n) is 9.81. The maximum atomic E-state index is 5.18. The van der Waals surface area contributed by atoms with Gasteiger partial charge in [0, 0.05) is 33.2 Å². The average Bonchev–Trinajstić information content (AvgIpc) is 3.54. The number of rotatable bonds is 5. The summed E-state index contributed by atoms with van der Waals surface area (Å²) in [4.78, 5) is 15.3. The van der Waals surface area contributed by atoms with Crippen LogP contribution in [0, 0.1) is 0 Å². The molecule has 238 valence electrons. The largest absolute Gasteiger partial charge is 0.309 e. The second-order valence-corrected chi connectivity index (χ2v) is 12.8. The van der Waals surface area contributed by atoms with Crippen LogP contribution in [0.4, 0.5) is 0 Å². The zero-order valence-electron chi connectivity index (χ0n) is 27.6. The number of aromatic nitrogens is 4. The van der Waals surface area contributed by atoms with E-state index in [4.69, 9.17) is 15.0 Å². The molecule has 51 heavy (non-hydrogen) atoms. The molecule has 10 rings (SSSR count). The van der Waals surface area contributed by atoms with Crippen LogP contribution in [0.2, 0.25) is 0 Å². The average molecular weight is 651 g/mol. The normalized spacial score (nSPS) is 11.5. The van der Waals surface area contributed by atoms with E-state index in [0.29, 0.717) is 17.5 Å². The SMILES string of the molecule is c1ccc(-c2nc(-c3ccccc3)nc(-c3cccc4c3c3cc5c(-c6ccccc6)cc6ccccc6c5cc3n4-c3ccccc3)n2)cc1. The Hall–Kier alpha value is -6.91. The lowest BCUT2D eigenvalue weighted by Gasteiger charge is -2.13. The Bertz CT molecular complexity index is 2820. The molecule has 0 radical (unpaired) electrons. The Kier molecular flexibility index (Phi) is 6.78. The number of fused-ring (bicyclic) bond motifs is 6. The maximum Gasteiger partial charge on any atom is 0.164 e. The van der Waals surface area contributed by atoms with Crippen LogP contribution in [0.3, 0.4) is 0 Å². The highest BCUT2D eigenvalue weighted by Gasteiger charge is 2.21. The van der Waals surface area contributed by atoms with Gasteiger partial charge in [0.05, 0.1) is 11.0 Å². The highest BCUT2D eigenvalue weighted by Crippen LogP contribution is 2.43. The van der Waals surface area contributed by atoms with Gasteiger partial charge in [-0.25, -0.2) is 15.0 Å². The summed E-state index contributed by atoms with van der Waals surface area (Å²) in [5.41, 5.74) is 8.59. The molecule has 0 saturated carbocycles. The summed E-state index contributed by atoms with van der Waals surface area (Å²) in [5.74, 6) is 1.93. The smallest absolute Gasteiger partial charge is 0.164 e. The van der Waals surface area contributed by atoms with Gasteiger partial charge in [-0.05, 0) is 69.1 Å². The molecule has 2 heterocycles. The molecule has 8 aromatic carbocycles. The molecule has 0 aliphatic heterocycles. The van der Waals surface area contributed by atoms with Crippen LogP contribution in [0.15, 0.2) is 182 Å². The van der Waals surface area contributed by atoms with E-state index in [0.717, 1.165) is 44.2 Å². The van der Waals surface area contributed by atoms with Crippen molar-refractivity contribution in [2.75, 3.05) is 0 Å². The zero-order valence-corrected chi connectivity index (χ0v) is 27.6. The van der Waals surface area contributed by atoms with Crippen molar-refractivity contribution in [2.45, 2.75) is 0 Å². The standard InChI is InChI=1S/C47H30N4/c1-5-16-31(17-6-1)38-28-34-22-13-14-25-36(34)40-30-43-41(29-39(38)40)44-37(26-15-27-42(44)51(43)35-23-11-4-12-24-35)47-49-45(32-18-7-2-8-19-32)48-46(50-47)33-20-9-3-10-21-33/h1-30H. The van der Waals surface area contributed by atoms with Crippen LogP contribution in [0.5, 0.6) is 0 Å². The summed E-state index contributed by atoms with van der Waals surface area (Å²) in [6.07, 6.45) is 0. The molecule has 2 aromatic heterocycles. The first-order valence-corrected chi connectivity index (χ1v) is 17.2. The molecule has 0 bridgehead atoms. The molecule has 0 saturated heterocycles. The van der Waals surface area contributed by atoms with E-state index < -0.39 is 0 Å². The number of hydrogen-bond donors (Lipinski definition) is 0. The van der Waals surface area contributed by atoms with Crippen molar-refractivity contribution in [3.05, 3.63) is 182 Å². The Labute approximate surface area is 295 Å². The molecule has 0 spiro atoms. The van der Waals surface area contributed by atoms with Crippen LogP contribution >= 0.6 is 0 Å². The minimum atomic E-state index is 0.641. The van der Waals surface area contributed by atoms with Crippen molar-refractivity contribution < 1.29 is 0 Å². The van der Waals surface area contributed by atoms with E-state index in [1.54, 1.807) is 0 Å². The molecule has 4 heteroatoms. The summed E-state index contributed by atoms with van der Waals surface area (Å²) in [5, 5.41) is 7.13.